The maximum Gasteiger partial charge on any atom is 0.225 e. The van der Waals surface area contributed by atoms with E-state index in [0.717, 1.165) is 25.9 Å². The van der Waals surface area contributed by atoms with E-state index in [9.17, 15) is 9.59 Å². The summed E-state index contributed by atoms with van der Waals surface area (Å²) < 4.78 is 0. The van der Waals surface area contributed by atoms with Crippen LogP contribution in [0, 0.1) is 17.8 Å². The van der Waals surface area contributed by atoms with E-state index in [4.69, 9.17) is 0 Å². The van der Waals surface area contributed by atoms with Crippen LogP contribution in [0.2, 0.25) is 0 Å². The number of hydrogen-bond donors (Lipinski definition) is 1. The number of nitrogens with one attached hydrogen (secondary N) is 1. The molecule has 2 fully saturated rings. The first-order valence-corrected chi connectivity index (χ1v) is 7.69. The number of carbonyl (C=O) groups is 2. The third kappa shape index (κ3) is 3.95. The van der Waals surface area contributed by atoms with Crippen LogP contribution in [0.5, 0.6) is 0 Å². The zero-order valence-corrected chi connectivity index (χ0v) is 12.2. The summed E-state index contributed by atoms with van der Waals surface area (Å²) >= 11 is 0. The van der Waals surface area contributed by atoms with Crippen LogP contribution in [-0.4, -0.2) is 36.3 Å². The molecule has 1 aliphatic heterocycles. The Morgan fingerprint density at radius 3 is 2.63 bits per heavy atom. The summed E-state index contributed by atoms with van der Waals surface area (Å²) in [6, 6.07) is 0. The Morgan fingerprint density at radius 1 is 1.37 bits per heavy atom. The maximum absolute atomic E-state index is 12.1. The summed E-state index contributed by atoms with van der Waals surface area (Å²) in [7, 11) is 0. The Kier molecular flexibility index (Phi) is 4.83. The zero-order chi connectivity index (χ0) is 13.8. The van der Waals surface area contributed by atoms with Crippen molar-refractivity contribution in [1.82, 2.24) is 10.2 Å². The van der Waals surface area contributed by atoms with Crippen molar-refractivity contribution < 1.29 is 9.59 Å². The Balaban J connectivity index is 1.75. The molecule has 1 aliphatic carbocycles. The third-order valence-corrected chi connectivity index (χ3v) is 4.48. The Bertz CT molecular complexity index is 335. The molecule has 0 aromatic heterocycles. The highest BCUT2D eigenvalue weighted by Gasteiger charge is 2.36. The topological polar surface area (TPSA) is 49.4 Å². The molecule has 1 unspecified atom stereocenters. The molecule has 1 saturated heterocycles. The van der Waals surface area contributed by atoms with E-state index in [1.807, 2.05) is 4.90 Å². The van der Waals surface area contributed by atoms with Crippen LogP contribution in [-0.2, 0) is 9.59 Å². The molecule has 1 N–H and O–H groups in total. The molecule has 4 heteroatoms. The number of rotatable bonds is 7. The quantitative estimate of drug-likeness (QED) is 0.764. The van der Waals surface area contributed by atoms with Gasteiger partial charge in [0.25, 0.3) is 0 Å². The van der Waals surface area contributed by atoms with Crippen molar-refractivity contribution in [3.05, 3.63) is 0 Å². The Hall–Kier alpha value is -1.06. The molecule has 1 heterocycles. The summed E-state index contributed by atoms with van der Waals surface area (Å²) in [5.41, 5.74) is 0. The molecule has 2 rings (SSSR count). The van der Waals surface area contributed by atoms with Gasteiger partial charge >= 0.3 is 0 Å². The molecule has 2 aliphatic rings. The lowest BCUT2D eigenvalue weighted by Crippen LogP contribution is -2.36. The van der Waals surface area contributed by atoms with E-state index in [1.165, 1.54) is 12.8 Å². The standard InChI is InChI=1S/C15H26N2O2/c1-3-11(4-2)8-16-15(19)13-7-14(18)17(10-13)9-12-5-6-12/h11-13H,3-10H2,1-2H3,(H,16,19). The molecule has 0 radical (unpaired) electrons. The summed E-state index contributed by atoms with van der Waals surface area (Å²) in [6.07, 6.45) is 5.08. The lowest BCUT2D eigenvalue weighted by Gasteiger charge is -2.17. The number of amides is 2. The fourth-order valence-electron chi connectivity index (χ4n) is 2.70. The van der Waals surface area contributed by atoms with Gasteiger partial charge in [-0.25, -0.2) is 0 Å². The molecular formula is C15H26N2O2. The number of hydrogen-bond acceptors (Lipinski definition) is 2. The zero-order valence-electron chi connectivity index (χ0n) is 12.2. The molecule has 19 heavy (non-hydrogen) atoms. The number of likely N-dealkylation sites (tertiary alicyclic amines) is 1. The van der Waals surface area contributed by atoms with Gasteiger partial charge in [0, 0.05) is 26.1 Å². The second-order valence-corrected chi connectivity index (χ2v) is 6.07. The molecule has 2 amide bonds. The van der Waals surface area contributed by atoms with Crippen molar-refractivity contribution in [1.29, 1.82) is 0 Å². The second kappa shape index (κ2) is 6.40. The number of carbonyl (C=O) groups excluding carboxylic acids is 2. The molecule has 4 nitrogen and oxygen atoms in total. The van der Waals surface area contributed by atoms with Crippen LogP contribution in [0.15, 0.2) is 0 Å². The van der Waals surface area contributed by atoms with Gasteiger partial charge in [-0.15, -0.1) is 0 Å². The van der Waals surface area contributed by atoms with Gasteiger partial charge in [-0.3, -0.25) is 9.59 Å². The van der Waals surface area contributed by atoms with Gasteiger partial charge in [-0.05, 0) is 24.7 Å². The maximum atomic E-state index is 12.1. The minimum absolute atomic E-state index is 0.0681. The van der Waals surface area contributed by atoms with Crippen molar-refractivity contribution >= 4 is 11.8 Å². The molecule has 0 aromatic carbocycles. The smallest absolute Gasteiger partial charge is 0.225 e. The van der Waals surface area contributed by atoms with E-state index in [0.29, 0.717) is 24.8 Å². The van der Waals surface area contributed by atoms with Crippen molar-refractivity contribution in [2.75, 3.05) is 19.6 Å². The molecule has 1 saturated carbocycles. The SMILES string of the molecule is CCC(CC)CNC(=O)C1CC(=O)N(CC2CC2)C1. The van der Waals surface area contributed by atoms with Gasteiger partial charge in [0.1, 0.15) is 0 Å². The van der Waals surface area contributed by atoms with Crippen LogP contribution in [0.25, 0.3) is 0 Å². The van der Waals surface area contributed by atoms with Crippen molar-refractivity contribution in [3.63, 3.8) is 0 Å². The summed E-state index contributed by atoms with van der Waals surface area (Å²) in [6.45, 7) is 6.55. The highest BCUT2D eigenvalue weighted by Crippen LogP contribution is 2.31. The lowest BCUT2D eigenvalue weighted by atomic mass is 10.0. The first-order chi connectivity index (χ1) is 9.13. The lowest BCUT2D eigenvalue weighted by molar-refractivity contribution is -0.129. The largest absolute Gasteiger partial charge is 0.356 e. The van der Waals surface area contributed by atoms with Gasteiger partial charge in [0.05, 0.1) is 5.92 Å². The van der Waals surface area contributed by atoms with Crippen LogP contribution < -0.4 is 5.32 Å². The average Bonchev–Trinajstić information content (AvgIpc) is 3.14. The van der Waals surface area contributed by atoms with Gasteiger partial charge < -0.3 is 10.2 Å². The molecular weight excluding hydrogens is 240 g/mol. The summed E-state index contributed by atoms with van der Waals surface area (Å²) in [5.74, 6) is 1.37. The average molecular weight is 266 g/mol. The van der Waals surface area contributed by atoms with E-state index in [2.05, 4.69) is 19.2 Å². The van der Waals surface area contributed by atoms with Crippen LogP contribution in [0.1, 0.15) is 46.0 Å². The normalized spacial score (nSPS) is 23.2. The van der Waals surface area contributed by atoms with E-state index < -0.39 is 0 Å². The molecule has 1 atom stereocenters. The van der Waals surface area contributed by atoms with Gasteiger partial charge in [-0.1, -0.05) is 26.7 Å². The third-order valence-electron chi connectivity index (χ3n) is 4.48. The van der Waals surface area contributed by atoms with Gasteiger partial charge in [0.15, 0.2) is 0 Å². The van der Waals surface area contributed by atoms with Gasteiger partial charge in [0.2, 0.25) is 11.8 Å². The van der Waals surface area contributed by atoms with E-state index >= 15 is 0 Å². The minimum Gasteiger partial charge on any atom is -0.356 e. The van der Waals surface area contributed by atoms with Gasteiger partial charge in [-0.2, -0.15) is 0 Å². The van der Waals surface area contributed by atoms with Crippen molar-refractivity contribution in [2.45, 2.75) is 46.0 Å². The van der Waals surface area contributed by atoms with E-state index in [-0.39, 0.29) is 17.7 Å². The minimum atomic E-state index is -0.124. The fourth-order valence-corrected chi connectivity index (χ4v) is 2.70. The highest BCUT2D eigenvalue weighted by molar-refractivity contribution is 5.89. The first kappa shape index (κ1) is 14.4. The monoisotopic (exact) mass is 266 g/mol. The molecule has 0 aromatic rings. The van der Waals surface area contributed by atoms with E-state index in [1.54, 1.807) is 0 Å². The fraction of sp³-hybridized carbons (Fsp3) is 0.867. The predicted octanol–water partition coefficient (Wildman–Crippen LogP) is 1.80. The van der Waals surface area contributed by atoms with Crippen molar-refractivity contribution in [2.24, 2.45) is 17.8 Å². The summed E-state index contributed by atoms with van der Waals surface area (Å²) in [4.78, 5) is 25.8. The predicted molar refractivity (Wildman–Crippen MR) is 74.5 cm³/mol. The molecule has 108 valence electrons. The Labute approximate surface area is 115 Å². The molecule has 0 spiro atoms. The van der Waals surface area contributed by atoms with Crippen LogP contribution in [0.3, 0.4) is 0 Å². The van der Waals surface area contributed by atoms with Crippen molar-refractivity contribution in [3.8, 4) is 0 Å². The van der Waals surface area contributed by atoms with Crippen LogP contribution >= 0.6 is 0 Å². The Morgan fingerprint density at radius 2 is 2.05 bits per heavy atom. The highest BCUT2D eigenvalue weighted by atomic mass is 16.2. The second-order valence-electron chi connectivity index (χ2n) is 6.07. The molecule has 0 bridgehead atoms. The first-order valence-electron chi connectivity index (χ1n) is 7.69. The van der Waals surface area contributed by atoms with Crippen LogP contribution in [0.4, 0.5) is 0 Å². The summed E-state index contributed by atoms with van der Waals surface area (Å²) in [5, 5.41) is 3.02. The number of nitrogens with zero attached hydrogens (tertiary/aromatic N) is 1.